The molecule has 2 rings (SSSR count). The van der Waals surface area contributed by atoms with Crippen LogP contribution in [0.4, 0.5) is 10.1 Å². The van der Waals surface area contributed by atoms with Gasteiger partial charge in [-0.05, 0) is 44.5 Å². The summed E-state index contributed by atoms with van der Waals surface area (Å²) < 4.78 is 13.5. The summed E-state index contributed by atoms with van der Waals surface area (Å²) >= 11 is 0. The molecule has 0 aromatic heterocycles. The van der Waals surface area contributed by atoms with Crippen LogP contribution in [-0.4, -0.2) is 30.4 Å². The maximum Gasteiger partial charge on any atom is 0.251 e. The molecular formula is C15H20FN3O2. The zero-order chi connectivity index (χ0) is 15.4. The summed E-state index contributed by atoms with van der Waals surface area (Å²) in [5, 5.41) is 8.64. The van der Waals surface area contributed by atoms with Crippen LogP contribution in [0.2, 0.25) is 0 Å². The van der Waals surface area contributed by atoms with Gasteiger partial charge >= 0.3 is 0 Å². The van der Waals surface area contributed by atoms with Gasteiger partial charge in [-0.25, -0.2) is 4.39 Å². The number of piperidine rings is 1. The second kappa shape index (κ2) is 6.67. The molecule has 1 fully saturated rings. The fourth-order valence-corrected chi connectivity index (χ4v) is 2.48. The van der Waals surface area contributed by atoms with Crippen molar-refractivity contribution < 1.29 is 14.0 Å². The Labute approximate surface area is 123 Å². The third-order valence-corrected chi connectivity index (χ3v) is 3.50. The first-order chi connectivity index (χ1) is 9.95. The largest absolute Gasteiger partial charge is 0.349 e. The van der Waals surface area contributed by atoms with Crippen molar-refractivity contribution in [1.29, 1.82) is 0 Å². The van der Waals surface area contributed by atoms with E-state index in [4.69, 9.17) is 0 Å². The first-order valence-electron chi connectivity index (χ1n) is 7.07. The highest BCUT2D eigenvalue weighted by Crippen LogP contribution is 2.17. The van der Waals surface area contributed by atoms with Gasteiger partial charge in [-0.3, -0.25) is 9.59 Å². The number of rotatable bonds is 3. The maximum absolute atomic E-state index is 13.5. The minimum atomic E-state index is -0.558. The van der Waals surface area contributed by atoms with Crippen molar-refractivity contribution in [2.45, 2.75) is 38.8 Å². The standard InChI is InChI=1S/C15H20FN3O2/c1-9-7-12(5-6-17-9)19-15(21)11-3-4-13(16)14(8-11)18-10(2)20/h3-4,8-9,12,17H,5-7H2,1-2H3,(H,18,20)(H,19,21). The third-order valence-electron chi connectivity index (χ3n) is 3.50. The van der Waals surface area contributed by atoms with Gasteiger partial charge in [-0.2, -0.15) is 0 Å². The van der Waals surface area contributed by atoms with Gasteiger partial charge in [0.15, 0.2) is 0 Å². The molecule has 0 spiro atoms. The van der Waals surface area contributed by atoms with Gasteiger partial charge in [-0.1, -0.05) is 0 Å². The minimum absolute atomic E-state index is 0.0221. The van der Waals surface area contributed by atoms with E-state index in [-0.39, 0.29) is 23.5 Å². The van der Waals surface area contributed by atoms with Crippen molar-refractivity contribution in [2.75, 3.05) is 11.9 Å². The summed E-state index contributed by atoms with van der Waals surface area (Å²) in [6, 6.07) is 4.44. The lowest BCUT2D eigenvalue weighted by molar-refractivity contribution is -0.114. The Morgan fingerprint density at radius 1 is 1.38 bits per heavy atom. The van der Waals surface area contributed by atoms with Gasteiger partial charge in [0.25, 0.3) is 5.91 Å². The lowest BCUT2D eigenvalue weighted by Gasteiger charge is -2.28. The van der Waals surface area contributed by atoms with Crippen LogP contribution >= 0.6 is 0 Å². The Hall–Kier alpha value is -1.95. The zero-order valence-corrected chi connectivity index (χ0v) is 12.2. The second-order valence-corrected chi connectivity index (χ2v) is 5.43. The van der Waals surface area contributed by atoms with E-state index in [9.17, 15) is 14.0 Å². The van der Waals surface area contributed by atoms with Crippen LogP contribution in [0.1, 0.15) is 37.0 Å². The Morgan fingerprint density at radius 2 is 2.14 bits per heavy atom. The Balaban J connectivity index is 2.06. The molecular weight excluding hydrogens is 273 g/mol. The first kappa shape index (κ1) is 15.4. The highest BCUT2D eigenvalue weighted by Gasteiger charge is 2.21. The molecule has 0 radical (unpaired) electrons. The molecule has 3 N–H and O–H groups in total. The van der Waals surface area contributed by atoms with Gasteiger partial charge in [0.1, 0.15) is 5.82 Å². The van der Waals surface area contributed by atoms with Gasteiger partial charge in [0, 0.05) is 24.6 Å². The predicted octanol–water partition coefficient (Wildman–Crippen LogP) is 1.65. The van der Waals surface area contributed by atoms with E-state index in [1.54, 1.807) is 0 Å². The molecule has 1 saturated heterocycles. The van der Waals surface area contributed by atoms with Crippen LogP contribution in [0.5, 0.6) is 0 Å². The lowest BCUT2D eigenvalue weighted by Crippen LogP contribution is -2.46. The van der Waals surface area contributed by atoms with E-state index in [2.05, 4.69) is 22.9 Å². The predicted molar refractivity (Wildman–Crippen MR) is 78.7 cm³/mol. The van der Waals surface area contributed by atoms with E-state index in [0.717, 1.165) is 19.4 Å². The summed E-state index contributed by atoms with van der Waals surface area (Å²) in [6.07, 6.45) is 1.74. The SMILES string of the molecule is CC(=O)Nc1cc(C(=O)NC2CCNC(C)C2)ccc1F. The molecule has 21 heavy (non-hydrogen) atoms. The monoisotopic (exact) mass is 293 g/mol. The first-order valence-corrected chi connectivity index (χ1v) is 7.07. The maximum atomic E-state index is 13.5. The fraction of sp³-hybridized carbons (Fsp3) is 0.467. The normalized spacial score (nSPS) is 21.7. The molecule has 1 aliphatic heterocycles. The van der Waals surface area contributed by atoms with Gasteiger partial charge in [-0.15, -0.1) is 0 Å². The minimum Gasteiger partial charge on any atom is -0.349 e. The van der Waals surface area contributed by atoms with E-state index in [1.807, 2.05) is 0 Å². The van der Waals surface area contributed by atoms with Crippen molar-refractivity contribution in [3.05, 3.63) is 29.6 Å². The molecule has 5 nitrogen and oxygen atoms in total. The average molecular weight is 293 g/mol. The van der Waals surface area contributed by atoms with Crippen LogP contribution in [-0.2, 0) is 4.79 Å². The average Bonchev–Trinajstić information content (AvgIpc) is 2.40. The number of amides is 2. The van der Waals surface area contributed by atoms with Crippen LogP contribution in [0, 0.1) is 5.82 Å². The van der Waals surface area contributed by atoms with Crippen molar-refractivity contribution in [1.82, 2.24) is 10.6 Å². The Bertz CT molecular complexity index is 548. The summed E-state index contributed by atoms with van der Waals surface area (Å²) in [5.41, 5.74) is 0.361. The quantitative estimate of drug-likeness (QED) is 0.793. The van der Waals surface area contributed by atoms with Gasteiger partial charge in [0.2, 0.25) is 5.91 Å². The third kappa shape index (κ3) is 4.26. The highest BCUT2D eigenvalue weighted by molar-refractivity contribution is 5.97. The molecule has 0 saturated carbocycles. The van der Waals surface area contributed by atoms with Crippen molar-refractivity contribution in [2.24, 2.45) is 0 Å². The number of carbonyl (C=O) groups excluding carboxylic acids is 2. The highest BCUT2D eigenvalue weighted by atomic mass is 19.1. The molecule has 0 bridgehead atoms. The molecule has 2 amide bonds. The molecule has 2 unspecified atom stereocenters. The second-order valence-electron chi connectivity index (χ2n) is 5.43. The summed E-state index contributed by atoms with van der Waals surface area (Å²) in [6.45, 7) is 4.24. The van der Waals surface area contributed by atoms with Crippen LogP contribution < -0.4 is 16.0 Å². The molecule has 1 heterocycles. The number of anilines is 1. The summed E-state index contributed by atoms with van der Waals surface area (Å²) in [5.74, 6) is -1.18. The van der Waals surface area contributed by atoms with Crippen molar-refractivity contribution in [3.63, 3.8) is 0 Å². The van der Waals surface area contributed by atoms with Gasteiger partial charge < -0.3 is 16.0 Å². The molecule has 0 aliphatic carbocycles. The molecule has 1 aromatic rings. The zero-order valence-electron chi connectivity index (χ0n) is 12.2. The van der Waals surface area contributed by atoms with Gasteiger partial charge in [0.05, 0.1) is 5.69 Å². The Kier molecular flexibility index (Phi) is 4.90. The fourth-order valence-electron chi connectivity index (χ4n) is 2.48. The summed E-state index contributed by atoms with van der Waals surface area (Å²) in [7, 11) is 0. The van der Waals surface area contributed by atoms with Crippen molar-refractivity contribution in [3.8, 4) is 0 Å². The number of benzene rings is 1. The van der Waals surface area contributed by atoms with Crippen molar-refractivity contribution >= 4 is 17.5 Å². The van der Waals surface area contributed by atoms with E-state index in [0.29, 0.717) is 11.6 Å². The summed E-state index contributed by atoms with van der Waals surface area (Å²) in [4.78, 5) is 23.2. The smallest absolute Gasteiger partial charge is 0.251 e. The van der Waals surface area contributed by atoms with E-state index >= 15 is 0 Å². The number of halogens is 1. The molecule has 2 atom stereocenters. The molecule has 114 valence electrons. The van der Waals surface area contributed by atoms with Crippen LogP contribution in [0.15, 0.2) is 18.2 Å². The molecule has 1 aromatic carbocycles. The number of carbonyl (C=O) groups is 2. The number of hydrogen-bond donors (Lipinski definition) is 3. The van der Waals surface area contributed by atoms with Crippen LogP contribution in [0.3, 0.4) is 0 Å². The topological polar surface area (TPSA) is 70.2 Å². The molecule has 1 aliphatic rings. The molecule has 6 heteroatoms. The number of nitrogens with one attached hydrogen (secondary N) is 3. The number of hydrogen-bond acceptors (Lipinski definition) is 3. The van der Waals surface area contributed by atoms with Crippen LogP contribution in [0.25, 0.3) is 0 Å². The lowest BCUT2D eigenvalue weighted by atomic mass is 10.00. The van der Waals surface area contributed by atoms with E-state index in [1.165, 1.54) is 25.1 Å². The Morgan fingerprint density at radius 3 is 2.81 bits per heavy atom. The van der Waals surface area contributed by atoms with E-state index < -0.39 is 5.82 Å².